The van der Waals surface area contributed by atoms with Crippen molar-refractivity contribution < 1.29 is 36.9 Å². The fourth-order valence-corrected chi connectivity index (χ4v) is 8.14. The molecule has 230 valence electrons. The van der Waals surface area contributed by atoms with Gasteiger partial charge in [0.2, 0.25) is 16.3 Å². The van der Waals surface area contributed by atoms with Gasteiger partial charge in [-0.1, -0.05) is 24.6 Å². The molecule has 0 spiro atoms. The summed E-state index contributed by atoms with van der Waals surface area (Å²) in [6.07, 6.45) is 7.74. The summed E-state index contributed by atoms with van der Waals surface area (Å²) < 4.78 is 50.9. The summed E-state index contributed by atoms with van der Waals surface area (Å²) in [7, 11) is -2.39. The highest BCUT2D eigenvalue weighted by molar-refractivity contribution is 7.89. The van der Waals surface area contributed by atoms with Crippen LogP contribution < -0.4 is 10.1 Å². The van der Waals surface area contributed by atoms with Gasteiger partial charge in [0.25, 0.3) is 5.91 Å². The molecule has 3 aromatic rings. The van der Waals surface area contributed by atoms with Crippen LogP contribution in [0.25, 0.3) is 11.0 Å². The molecule has 2 aliphatic carbocycles. The third-order valence-corrected chi connectivity index (χ3v) is 10.9. The van der Waals surface area contributed by atoms with E-state index in [1.54, 1.807) is 18.4 Å². The molecule has 2 saturated carbocycles. The molecule has 10 nitrogen and oxygen atoms in total. The van der Waals surface area contributed by atoms with E-state index in [-0.39, 0.29) is 54.8 Å². The summed E-state index contributed by atoms with van der Waals surface area (Å²) in [5.41, 5.74) is 1.69. The molecular weight excluding hydrogens is 572 g/mol. The van der Waals surface area contributed by atoms with Crippen molar-refractivity contribution >= 4 is 26.9 Å². The molecule has 2 heterocycles. The second kappa shape index (κ2) is 12.7. The maximum Gasteiger partial charge on any atom is 0.286 e. The smallest absolute Gasteiger partial charge is 0.286 e. The lowest BCUT2D eigenvalue weighted by Crippen LogP contribution is -2.41. The van der Waals surface area contributed by atoms with Crippen molar-refractivity contribution in [2.24, 2.45) is 11.8 Å². The zero-order valence-corrected chi connectivity index (χ0v) is 25.0. The lowest BCUT2D eigenvalue weighted by molar-refractivity contribution is -0.147. The van der Waals surface area contributed by atoms with Crippen LogP contribution in [0.3, 0.4) is 0 Å². The molecule has 0 saturated heterocycles. The first kappa shape index (κ1) is 29.7. The molecule has 3 aliphatic rings. The molecular formula is C32H38N2O8S. The molecule has 2 aromatic carbocycles. The second-order valence-corrected chi connectivity index (χ2v) is 13.5. The van der Waals surface area contributed by atoms with Crippen molar-refractivity contribution in [1.29, 1.82) is 0 Å². The lowest BCUT2D eigenvalue weighted by atomic mass is 9.92. The molecule has 2 N–H and O–H groups in total. The molecule has 1 amide bonds. The van der Waals surface area contributed by atoms with Crippen LogP contribution in [0.2, 0.25) is 0 Å². The number of para-hydroxylation sites is 1. The van der Waals surface area contributed by atoms with Crippen LogP contribution in [0.1, 0.15) is 43.6 Å². The number of aliphatic hydroxyl groups excluding tert-OH is 1. The predicted molar refractivity (Wildman–Crippen MR) is 159 cm³/mol. The summed E-state index contributed by atoms with van der Waals surface area (Å²) in [5.74, 6) is 1.48. The predicted octanol–water partition coefficient (Wildman–Crippen LogP) is 4.16. The molecule has 43 heavy (non-hydrogen) atoms. The van der Waals surface area contributed by atoms with Crippen molar-refractivity contribution in [2.75, 3.05) is 33.4 Å². The highest BCUT2D eigenvalue weighted by Gasteiger charge is 2.41. The maximum absolute atomic E-state index is 13.4. The monoisotopic (exact) mass is 610 g/mol. The number of carbonyl (C=O) groups is 1. The molecule has 2 fully saturated rings. The number of benzene rings is 2. The molecule has 1 aromatic heterocycles. The van der Waals surface area contributed by atoms with Crippen molar-refractivity contribution in [1.82, 2.24) is 9.62 Å². The number of sulfonamides is 1. The Bertz CT molecular complexity index is 1570. The molecule has 11 heteroatoms. The van der Waals surface area contributed by atoms with Crippen LogP contribution in [0, 0.1) is 11.8 Å². The van der Waals surface area contributed by atoms with E-state index in [0.29, 0.717) is 24.0 Å². The number of hydrogen-bond acceptors (Lipinski definition) is 8. The van der Waals surface area contributed by atoms with Gasteiger partial charge in [0, 0.05) is 42.4 Å². The number of hydrogen-bond donors (Lipinski definition) is 2. The van der Waals surface area contributed by atoms with Crippen molar-refractivity contribution in [2.45, 2.75) is 55.2 Å². The SMILES string of the molecule is COc1ccc(S(=O)(=O)N(CCO)CCO[C@@H]2C[C@H](c3coc4ccccc34)C=C(C(=O)NC3CC4CCC3C4)O2)cc1. The number of amides is 1. The van der Waals surface area contributed by atoms with Gasteiger partial charge >= 0.3 is 0 Å². The van der Waals surface area contributed by atoms with E-state index >= 15 is 0 Å². The van der Waals surface area contributed by atoms with Gasteiger partial charge in [0.15, 0.2) is 5.76 Å². The first-order valence-corrected chi connectivity index (χ1v) is 16.3. The summed E-state index contributed by atoms with van der Waals surface area (Å²) in [5, 5.41) is 13.8. The fraction of sp³-hybridized carbons (Fsp3) is 0.469. The summed E-state index contributed by atoms with van der Waals surface area (Å²) in [4.78, 5) is 13.5. The molecule has 0 radical (unpaired) electrons. The minimum Gasteiger partial charge on any atom is -0.497 e. The highest BCUT2D eigenvalue weighted by atomic mass is 32.2. The van der Waals surface area contributed by atoms with E-state index in [4.69, 9.17) is 18.6 Å². The largest absolute Gasteiger partial charge is 0.497 e. The number of allylic oxidation sites excluding steroid dienone is 1. The summed E-state index contributed by atoms with van der Waals surface area (Å²) in [6, 6.07) is 14.0. The average molecular weight is 611 g/mol. The Morgan fingerprint density at radius 2 is 1.88 bits per heavy atom. The number of nitrogens with one attached hydrogen (secondary N) is 1. The number of carbonyl (C=O) groups excluding carboxylic acids is 1. The van der Waals surface area contributed by atoms with Crippen molar-refractivity contribution in [3.63, 3.8) is 0 Å². The number of rotatable bonds is 12. The Morgan fingerprint density at radius 1 is 1.07 bits per heavy atom. The summed E-state index contributed by atoms with van der Waals surface area (Å²) >= 11 is 0. The van der Waals surface area contributed by atoms with Crippen molar-refractivity contribution in [3.05, 3.63) is 72.2 Å². The standard InChI is InChI=1S/C32H38N2O8S/c1-39-24-8-10-25(11-9-24)43(37,38)34(12-14-35)13-15-40-31-19-23(27-20-41-29-5-3-2-4-26(27)29)18-30(42-31)32(36)33-28-17-21-6-7-22(28)16-21/h2-5,8-11,18,20-23,28,31,35H,6-7,12-17,19H2,1H3,(H,33,36)/t21?,22?,23-,28?,31+/m1/s1. The van der Waals surface area contributed by atoms with E-state index in [9.17, 15) is 18.3 Å². The Kier molecular flexibility index (Phi) is 8.76. The van der Waals surface area contributed by atoms with Gasteiger partial charge in [-0.3, -0.25) is 4.79 Å². The van der Waals surface area contributed by atoms with E-state index in [1.807, 2.05) is 30.3 Å². The minimum atomic E-state index is -3.89. The molecule has 5 atom stereocenters. The maximum atomic E-state index is 13.4. The fourth-order valence-electron chi connectivity index (χ4n) is 6.73. The minimum absolute atomic E-state index is 0.000183. The number of ether oxygens (including phenoxy) is 3. The quantitative estimate of drug-likeness (QED) is 0.313. The zero-order chi connectivity index (χ0) is 30.0. The van der Waals surface area contributed by atoms with Gasteiger partial charge in [-0.2, -0.15) is 4.31 Å². The van der Waals surface area contributed by atoms with Crippen LogP contribution in [-0.4, -0.2) is 69.5 Å². The Labute approximate surface area is 251 Å². The summed E-state index contributed by atoms with van der Waals surface area (Å²) in [6.45, 7) is -0.449. The van der Waals surface area contributed by atoms with Gasteiger partial charge in [-0.05, 0) is 67.5 Å². The number of furan rings is 1. The van der Waals surface area contributed by atoms with Gasteiger partial charge in [0.05, 0.1) is 31.5 Å². The number of fused-ring (bicyclic) bond motifs is 3. The van der Waals surface area contributed by atoms with E-state index in [1.165, 1.54) is 36.4 Å². The molecule has 6 rings (SSSR count). The van der Waals surface area contributed by atoms with Crippen LogP contribution in [0.4, 0.5) is 0 Å². The van der Waals surface area contributed by atoms with Crippen LogP contribution in [0.15, 0.2) is 75.9 Å². The molecule has 1 aliphatic heterocycles. The van der Waals surface area contributed by atoms with Crippen molar-refractivity contribution in [3.8, 4) is 5.75 Å². The lowest BCUT2D eigenvalue weighted by Gasteiger charge is -2.31. The number of nitrogens with zero attached hydrogens (tertiary/aromatic N) is 1. The normalized spacial score (nSPS) is 25.1. The Hall–Kier alpha value is -3.38. The van der Waals surface area contributed by atoms with E-state index in [0.717, 1.165) is 29.4 Å². The topological polar surface area (TPSA) is 128 Å². The van der Waals surface area contributed by atoms with Crippen LogP contribution >= 0.6 is 0 Å². The van der Waals surface area contributed by atoms with Gasteiger partial charge in [-0.15, -0.1) is 0 Å². The van der Waals surface area contributed by atoms with Gasteiger partial charge in [-0.25, -0.2) is 8.42 Å². The Morgan fingerprint density at radius 3 is 2.60 bits per heavy atom. The van der Waals surface area contributed by atoms with Gasteiger partial charge < -0.3 is 29.1 Å². The number of methoxy groups -OCH3 is 1. The second-order valence-electron chi connectivity index (χ2n) is 11.5. The van der Waals surface area contributed by atoms with E-state index in [2.05, 4.69) is 5.32 Å². The first-order valence-electron chi connectivity index (χ1n) is 14.9. The average Bonchev–Trinajstić information content (AvgIpc) is 3.77. The van der Waals surface area contributed by atoms with E-state index < -0.39 is 16.3 Å². The van der Waals surface area contributed by atoms with Crippen LogP contribution in [0.5, 0.6) is 5.75 Å². The third-order valence-electron chi connectivity index (χ3n) is 8.94. The Balaban J connectivity index is 1.17. The first-order chi connectivity index (χ1) is 20.9. The molecule has 3 unspecified atom stereocenters. The molecule has 2 bridgehead atoms. The highest BCUT2D eigenvalue weighted by Crippen LogP contribution is 2.44. The zero-order valence-electron chi connectivity index (χ0n) is 24.2. The van der Waals surface area contributed by atoms with Crippen LogP contribution in [-0.2, 0) is 24.3 Å². The third kappa shape index (κ3) is 6.31. The number of aliphatic hydroxyl groups is 1. The van der Waals surface area contributed by atoms with Gasteiger partial charge in [0.1, 0.15) is 11.3 Å².